The molecule has 2 N–H and O–H groups in total. The number of amides is 2. The van der Waals surface area contributed by atoms with Gasteiger partial charge in [0.05, 0.1) is 19.4 Å². The van der Waals surface area contributed by atoms with Crippen molar-refractivity contribution in [2.24, 2.45) is 0 Å². The summed E-state index contributed by atoms with van der Waals surface area (Å²) in [7, 11) is 1.69. The predicted molar refractivity (Wildman–Crippen MR) is 144 cm³/mol. The molecule has 8 nitrogen and oxygen atoms in total. The summed E-state index contributed by atoms with van der Waals surface area (Å²) < 4.78 is 10.8. The van der Waals surface area contributed by atoms with Crippen LogP contribution in [0.25, 0.3) is 11.1 Å². The summed E-state index contributed by atoms with van der Waals surface area (Å²) >= 11 is 1.32. The fraction of sp³-hybridized carbons (Fsp3) is 0.333. The van der Waals surface area contributed by atoms with Gasteiger partial charge in [-0.15, -0.1) is 11.3 Å². The summed E-state index contributed by atoms with van der Waals surface area (Å²) in [4.78, 5) is 30.0. The van der Waals surface area contributed by atoms with Crippen LogP contribution in [0, 0.1) is 0 Å². The number of para-hydroxylation sites is 2. The summed E-state index contributed by atoms with van der Waals surface area (Å²) in [5.41, 5.74) is 3.15. The van der Waals surface area contributed by atoms with Crippen molar-refractivity contribution in [2.45, 2.75) is 6.92 Å². The lowest BCUT2D eigenvalue weighted by molar-refractivity contribution is 0.0529. The minimum Gasteiger partial charge on any atom is -0.495 e. The number of esters is 1. The molecular weight excluding hydrogens is 476 g/mol. The molecular formula is C27H32N4O4S. The number of rotatable bonds is 9. The monoisotopic (exact) mass is 508 g/mol. The van der Waals surface area contributed by atoms with E-state index in [0.717, 1.165) is 55.3 Å². The van der Waals surface area contributed by atoms with Gasteiger partial charge in [0.25, 0.3) is 0 Å². The van der Waals surface area contributed by atoms with Gasteiger partial charge in [-0.25, -0.2) is 9.59 Å². The van der Waals surface area contributed by atoms with Crippen molar-refractivity contribution in [3.63, 3.8) is 0 Å². The van der Waals surface area contributed by atoms with E-state index in [1.165, 1.54) is 11.3 Å². The molecule has 0 aliphatic carbocycles. The quantitative estimate of drug-likeness (QED) is 0.413. The Hall–Kier alpha value is -3.56. The number of hydrogen-bond donors (Lipinski definition) is 2. The largest absolute Gasteiger partial charge is 0.495 e. The molecule has 1 aliphatic rings. The highest BCUT2D eigenvalue weighted by Gasteiger charge is 2.23. The molecule has 190 valence electrons. The van der Waals surface area contributed by atoms with Gasteiger partial charge in [0.15, 0.2) is 0 Å². The molecule has 3 aromatic rings. The number of carbonyl (C=O) groups is 2. The van der Waals surface area contributed by atoms with Gasteiger partial charge in [-0.2, -0.15) is 0 Å². The van der Waals surface area contributed by atoms with Gasteiger partial charge in [-0.1, -0.05) is 42.5 Å². The Morgan fingerprint density at radius 3 is 2.44 bits per heavy atom. The van der Waals surface area contributed by atoms with Crippen molar-refractivity contribution >= 4 is 34.0 Å². The summed E-state index contributed by atoms with van der Waals surface area (Å²) in [6, 6.07) is 17.3. The number of benzene rings is 2. The average molecular weight is 509 g/mol. The highest BCUT2D eigenvalue weighted by Crippen LogP contribution is 2.36. The maximum Gasteiger partial charge on any atom is 0.341 e. The van der Waals surface area contributed by atoms with Crippen LogP contribution in [0.3, 0.4) is 0 Å². The zero-order valence-electron chi connectivity index (χ0n) is 20.7. The first-order valence-corrected chi connectivity index (χ1v) is 13.0. The molecule has 1 saturated heterocycles. The molecule has 0 saturated carbocycles. The SMILES string of the molecule is CCOC(=O)c1c(-c2ccccc2)csc1NC(=O)NCCN1CCN(c2ccccc2OC)CC1. The van der Waals surface area contributed by atoms with Gasteiger partial charge < -0.3 is 19.7 Å². The maximum absolute atomic E-state index is 12.7. The minimum absolute atomic E-state index is 0.263. The third-order valence-corrected chi connectivity index (χ3v) is 6.99. The van der Waals surface area contributed by atoms with Crippen LogP contribution in [0.15, 0.2) is 60.0 Å². The van der Waals surface area contributed by atoms with Crippen LogP contribution in [0.4, 0.5) is 15.5 Å². The molecule has 1 aliphatic heterocycles. The lowest BCUT2D eigenvalue weighted by atomic mass is 10.0. The third kappa shape index (κ3) is 6.16. The summed E-state index contributed by atoms with van der Waals surface area (Å²) in [5, 5.41) is 8.12. The first-order chi connectivity index (χ1) is 17.6. The Morgan fingerprint density at radius 1 is 1.00 bits per heavy atom. The number of nitrogens with one attached hydrogen (secondary N) is 2. The molecule has 1 fully saturated rings. The number of anilines is 2. The van der Waals surface area contributed by atoms with Gasteiger partial charge in [0.1, 0.15) is 16.3 Å². The number of piperazine rings is 1. The molecule has 0 radical (unpaired) electrons. The standard InChI is InChI=1S/C27H32N4O4S/c1-3-35-26(32)24-21(20-9-5-4-6-10-20)19-36-25(24)29-27(33)28-13-14-30-15-17-31(18-16-30)22-11-7-8-12-23(22)34-2/h4-12,19H,3,13-18H2,1-2H3,(H2,28,29,33). The highest BCUT2D eigenvalue weighted by atomic mass is 32.1. The van der Waals surface area contributed by atoms with E-state index >= 15 is 0 Å². The van der Waals surface area contributed by atoms with Gasteiger partial charge >= 0.3 is 12.0 Å². The number of carbonyl (C=O) groups excluding carboxylic acids is 2. The molecule has 4 rings (SSSR count). The second kappa shape index (κ2) is 12.4. The number of nitrogens with zero attached hydrogens (tertiary/aromatic N) is 2. The van der Waals surface area contributed by atoms with Crippen LogP contribution < -0.4 is 20.3 Å². The molecule has 0 unspecified atom stereocenters. The zero-order chi connectivity index (χ0) is 25.3. The topological polar surface area (TPSA) is 83.1 Å². The van der Waals surface area contributed by atoms with E-state index in [9.17, 15) is 9.59 Å². The van der Waals surface area contributed by atoms with Gasteiger partial charge in [-0.05, 0) is 24.6 Å². The normalized spacial score (nSPS) is 13.8. The Labute approximate surface area is 215 Å². The first kappa shape index (κ1) is 25.5. The number of methoxy groups -OCH3 is 1. The number of ether oxygens (including phenoxy) is 2. The highest BCUT2D eigenvalue weighted by molar-refractivity contribution is 7.15. The van der Waals surface area contributed by atoms with Gasteiger partial charge in [0, 0.05) is 50.2 Å². The minimum atomic E-state index is -0.444. The Kier molecular flexibility index (Phi) is 8.80. The Bertz CT molecular complexity index is 1160. The van der Waals surface area contributed by atoms with Crippen LogP contribution >= 0.6 is 11.3 Å². The van der Waals surface area contributed by atoms with Crippen molar-refractivity contribution in [1.82, 2.24) is 10.2 Å². The first-order valence-electron chi connectivity index (χ1n) is 12.1. The maximum atomic E-state index is 12.7. The van der Waals surface area contributed by atoms with Crippen LogP contribution in [-0.4, -0.2) is 69.9 Å². The molecule has 2 amide bonds. The van der Waals surface area contributed by atoms with Crippen LogP contribution in [0.5, 0.6) is 5.75 Å². The van der Waals surface area contributed by atoms with Crippen LogP contribution in [-0.2, 0) is 4.74 Å². The van der Waals surface area contributed by atoms with Gasteiger partial charge in [0.2, 0.25) is 0 Å². The average Bonchev–Trinajstić information content (AvgIpc) is 3.33. The molecule has 36 heavy (non-hydrogen) atoms. The number of urea groups is 1. The van der Waals surface area contributed by atoms with Crippen molar-refractivity contribution < 1.29 is 19.1 Å². The summed E-state index contributed by atoms with van der Waals surface area (Å²) in [6.07, 6.45) is 0. The van der Waals surface area contributed by atoms with E-state index in [-0.39, 0.29) is 12.6 Å². The fourth-order valence-corrected chi connectivity index (χ4v) is 5.22. The fourth-order valence-electron chi connectivity index (χ4n) is 4.26. The van der Waals surface area contributed by atoms with E-state index < -0.39 is 5.97 Å². The van der Waals surface area contributed by atoms with Crippen molar-refractivity contribution in [2.75, 3.05) is 63.2 Å². The van der Waals surface area contributed by atoms with E-state index in [0.29, 0.717) is 17.1 Å². The molecule has 9 heteroatoms. The molecule has 2 heterocycles. The van der Waals surface area contributed by atoms with E-state index in [4.69, 9.17) is 9.47 Å². The Balaban J connectivity index is 1.29. The smallest absolute Gasteiger partial charge is 0.341 e. The zero-order valence-corrected chi connectivity index (χ0v) is 21.5. The lowest BCUT2D eigenvalue weighted by Crippen LogP contribution is -2.48. The number of hydrogen-bond acceptors (Lipinski definition) is 7. The molecule has 1 aromatic heterocycles. The molecule has 0 spiro atoms. The molecule has 2 aromatic carbocycles. The molecule has 0 atom stereocenters. The van der Waals surface area contributed by atoms with E-state index in [1.807, 2.05) is 53.9 Å². The van der Waals surface area contributed by atoms with Crippen LogP contribution in [0.2, 0.25) is 0 Å². The summed E-state index contributed by atoms with van der Waals surface area (Å²) in [5.74, 6) is 0.441. The summed E-state index contributed by atoms with van der Waals surface area (Å²) in [6.45, 7) is 6.88. The van der Waals surface area contributed by atoms with Crippen LogP contribution in [0.1, 0.15) is 17.3 Å². The van der Waals surface area contributed by atoms with E-state index in [2.05, 4.69) is 26.5 Å². The van der Waals surface area contributed by atoms with Crippen molar-refractivity contribution in [3.8, 4) is 16.9 Å². The third-order valence-electron chi connectivity index (χ3n) is 6.09. The predicted octanol–water partition coefficient (Wildman–Crippen LogP) is 4.54. The lowest BCUT2D eigenvalue weighted by Gasteiger charge is -2.36. The Morgan fingerprint density at radius 2 is 1.72 bits per heavy atom. The van der Waals surface area contributed by atoms with E-state index in [1.54, 1.807) is 14.0 Å². The second-order valence-electron chi connectivity index (χ2n) is 8.32. The molecule has 0 bridgehead atoms. The van der Waals surface area contributed by atoms with Crippen molar-refractivity contribution in [1.29, 1.82) is 0 Å². The van der Waals surface area contributed by atoms with Crippen molar-refractivity contribution in [3.05, 3.63) is 65.5 Å². The van der Waals surface area contributed by atoms with Gasteiger partial charge in [-0.3, -0.25) is 10.2 Å². The second-order valence-corrected chi connectivity index (χ2v) is 9.20. The number of thiophene rings is 1.